The number of benzene rings is 2. The fraction of sp³-hybridized carbons (Fsp3) is 0.333. The van der Waals surface area contributed by atoms with Crippen molar-refractivity contribution >= 4 is 22.8 Å². The third-order valence-electron chi connectivity index (χ3n) is 5.91. The lowest BCUT2D eigenvalue weighted by molar-refractivity contribution is -0.142. The van der Waals surface area contributed by atoms with E-state index >= 15 is 0 Å². The van der Waals surface area contributed by atoms with Crippen molar-refractivity contribution < 1.29 is 14.0 Å². The average molecular weight is 474 g/mol. The lowest BCUT2D eigenvalue weighted by Crippen LogP contribution is -2.45. The van der Waals surface area contributed by atoms with E-state index in [0.29, 0.717) is 23.7 Å². The highest BCUT2D eigenvalue weighted by Gasteiger charge is 2.32. The molecule has 0 bridgehead atoms. The number of amides is 2. The molecule has 0 saturated carbocycles. The maximum absolute atomic E-state index is 13.8. The molecular formula is C27H31N5O3. The molecule has 35 heavy (non-hydrogen) atoms. The molecule has 182 valence electrons. The fourth-order valence-corrected chi connectivity index (χ4v) is 3.95. The summed E-state index contributed by atoms with van der Waals surface area (Å²) in [6.45, 7) is 6.84. The largest absolute Gasteiger partial charge is 0.467 e. The second kappa shape index (κ2) is 11.0. The number of hydrogen-bond donors (Lipinski definition) is 1. The normalized spacial score (nSPS) is 12.1. The molecule has 0 fully saturated rings. The summed E-state index contributed by atoms with van der Waals surface area (Å²) in [6.07, 6.45) is 2.41. The lowest BCUT2D eigenvalue weighted by atomic mass is 10.0. The first kappa shape index (κ1) is 24.2. The first-order valence-electron chi connectivity index (χ1n) is 11.9. The van der Waals surface area contributed by atoms with E-state index < -0.39 is 6.04 Å². The average Bonchev–Trinajstić information content (AvgIpc) is 3.50. The standard InChI is InChI=1S/C27H31N5O3/c1-19(2)14-15-28-27(34)26(21-12-10-20(3)11-13-21)31(17-22-7-6-16-35-22)25(33)18-32-24-9-5-4-8-23(24)29-30-32/h4-13,16,19,26H,14-15,17-18H2,1-3H3,(H,28,34). The second-order valence-corrected chi connectivity index (χ2v) is 9.12. The molecule has 2 aromatic heterocycles. The first-order valence-corrected chi connectivity index (χ1v) is 11.9. The van der Waals surface area contributed by atoms with Crippen LogP contribution in [0.5, 0.6) is 0 Å². The van der Waals surface area contributed by atoms with Crippen LogP contribution >= 0.6 is 0 Å². The van der Waals surface area contributed by atoms with E-state index in [2.05, 4.69) is 29.5 Å². The molecule has 2 aromatic carbocycles. The maximum atomic E-state index is 13.8. The summed E-state index contributed by atoms with van der Waals surface area (Å²) in [4.78, 5) is 28.9. The maximum Gasteiger partial charge on any atom is 0.247 e. The molecule has 0 radical (unpaired) electrons. The lowest BCUT2D eigenvalue weighted by Gasteiger charge is -2.31. The fourth-order valence-electron chi connectivity index (χ4n) is 3.95. The summed E-state index contributed by atoms with van der Waals surface area (Å²) in [5.74, 6) is 0.558. The van der Waals surface area contributed by atoms with Gasteiger partial charge in [0.15, 0.2) is 0 Å². The van der Waals surface area contributed by atoms with E-state index in [1.165, 1.54) is 0 Å². The molecule has 0 aliphatic rings. The van der Waals surface area contributed by atoms with Gasteiger partial charge >= 0.3 is 0 Å². The molecule has 2 heterocycles. The van der Waals surface area contributed by atoms with Crippen molar-refractivity contribution in [3.63, 3.8) is 0 Å². The second-order valence-electron chi connectivity index (χ2n) is 9.12. The van der Waals surface area contributed by atoms with Gasteiger partial charge in [0.2, 0.25) is 11.8 Å². The van der Waals surface area contributed by atoms with E-state index in [4.69, 9.17) is 4.42 Å². The van der Waals surface area contributed by atoms with E-state index in [0.717, 1.165) is 23.1 Å². The van der Waals surface area contributed by atoms with Gasteiger partial charge in [-0.1, -0.05) is 61.0 Å². The SMILES string of the molecule is Cc1ccc(C(C(=O)NCCC(C)C)N(Cc2ccco2)C(=O)Cn2nnc3ccccc32)cc1. The summed E-state index contributed by atoms with van der Waals surface area (Å²) in [5.41, 5.74) is 3.28. The number of aromatic nitrogens is 3. The number of furan rings is 1. The molecule has 4 rings (SSSR count). The predicted molar refractivity (Wildman–Crippen MR) is 133 cm³/mol. The quantitative estimate of drug-likeness (QED) is 0.371. The molecule has 0 spiro atoms. The van der Waals surface area contributed by atoms with Crippen LogP contribution in [0.15, 0.2) is 71.3 Å². The summed E-state index contributed by atoms with van der Waals surface area (Å²) in [5, 5.41) is 11.4. The smallest absolute Gasteiger partial charge is 0.247 e. The van der Waals surface area contributed by atoms with Gasteiger partial charge in [0.1, 0.15) is 23.9 Å². The van der Waals surface area contributed by atoms with Gasteiger partial charge in [0.25, 0.3) is 0 Å². The predicted octanol–water partition coefficient (Wildman–Crippen LogP) is 4.27. The number of nitrogens with zero attached hydrogens (tertiary/aromatic N) is 4. The van der Waals surface area contributed by atoms with Crippen LogP contribution in [0.3, 0.4) is 0 Å². The van der Waals surface area contributed by atoms with Crippen LogP contribution in [0.2, 0.25) is 0 Å². The Bertz CT molecular complexity index is 1260. The Hall–Kier alpha value is -3.94. The van der Waals surface area contributed by atoms with Crippen LogP contribution in [0, 0.1) is 12.8 Å². The summed E-state index contributed by atoms with van der Waals surface area (Å²) >= 11 is 0. The van der Waals surface area contributed by atoms with Crippen LogP contribution in [-0.2, 0) is 22.7 Å². The van der Waals surface area contributed by atoms with Gasteiger partial charge in [0, 0.05) is 6.54 Å². The molecule has 1 atom stereocenters. The van der Waals surface area contributed by atoms with Crippen LogP contribution in [-0.4, -0.2) is 38.3 Å². The Morgan fingerprint density at radius 1 is 1.06 bits per heavy atom. The van der Waals surface area contributed by atoms with Crippen molar-refractivity contribution in [2.24, 2.45) is 5.92 Å². The highest BCUT2D eigenvalue weighted by atomic mass is 16.3. The number of aryl methyl sites for hydroxylation is 1. The molecular weight excluding hydrogens is 442 g/mol. The Morgan fingerprint density at radius 2 is 1.83 bits per heavy atom. The molecule has 0 saturated heterocycles. The molecule has 8 heteroatoms. The number of rotatable bonds is 10. The highest BCUT2D eigenvalue weighted by Crippen LogP contribution is 2.25. The van der Waals surface area contributed by atoms with Crippen molar-refractivity contribution in [1.82, 2.24) is 25.2 Å². The van der Waals surface area contributed by atoms with Crippen molar-refractivity contribution in [3.8, 4) is 0 Å². The molecule has 1 unspecified atom stereocenters. The monoisotopic (exact) mass is 473 g/mol. The Kier molecular flexibility index (Phi) is 7.60. The third kappa shape index (κ3) is 5.95. The zero-order valence-corrected chi connectivity index (χ0v) is 20.3. The molecule has 0 aliphatic heterocycles. The van der Waals surface area contributed by atoms with Crippen molar-refractivity contribution in [2.45, 2.75) is 46.3 Å². The van der Waals surface area contributed by atoms with E-state index in [1.807, 2.05) is 55.5 Å². The van der Waals surface area contributed by atoms with Gasteiger partial charge in [-0.25, -0.2) is 4.68 Å². The van der Waals surface area contributed by atoms with Crippen LogP contribution in [0.25, 0.3) is 11.0 Å². The van der Waals surface area contributed by atoms with Crippen LogP contribution < -0.4 is 5.32 Å². The van der Waals surface area contributed by atoms with Gasteiger partial charge in [-0.15, -0.1) is 5.10 Å². The van der Waals surface area contributed by atoms with E-state index in [1.54, 1.807) is 28.0 Å². The minimum absolute atomic E-state index is 0.0527. The Labute approximate surface area is 204 Å². The zero-order valence-electron chi connectivity index (χ0n) is 20.3. The van der Waals surface area contributed by atoms with Gasteiger partial charge in [0.05, 0.1) is 18.3 Å². The summed E-state index contributed by atoms with van der Waals surface area (Å²) in [7, 11) is 0. The number of nitrogens with one attached hydrogen (secondary N) is 1. The topological polar surface area (TPSA) is 93.3 Å². The van der Waals surface area contributed by atoms with Crippen molar-refractivity contribution in [1.29, 1.82) is 0 Å². The van der Waals surface area contributed by atoms with Crippen LogP contribution in [0.1, 0.15) is 43.2 Å². The number of carbonyl (C=O) groups is 2. The number of para-hydroxylation sites is 1. The molecule has 1 N–H and O–H groups in total. The van der Waals surface area contributed by atoms with Crippen molar-refractivity contribution in [3.05, 3.63) is 83.8 Å². The number of fused-ring (bicyclic) bond motifs is 1. The minimum atomic E-state index is -0.824. The molecule has 2 amide bonds. The third-order valence-corrected chi connectivity index (χ3v) is 5.91. The summed E-state index contributed by atoms with van der Waals surface area (Å²) in [6, 6.07) is 17.9. The van der Waals surface area contributed by atoms with E-state index in [-0.39, 0.29) is 24.9 Å². The number of hydrogen-bond acceptors (Lipinski definition) is 5. The minimum Gasteiger partial charge on any atom is -0.467 e. The Morgan fingerprint density at radius 3 is 2.54 bits per heavy atom. The van der Waals surface area contributed by atoms with Gasteiger partial charge in [-0.3, -0.25) is 9.59 Å². The van der Waals surface area contributed by atoms with Gasteiger partial charge in [-0.05, 0) is 49.1 Å². The molecule has 0 aliphatic carbocycles. The zero-order chi connectivity index (χ0) is 24.8. The molecule has 4 aromatic rings. The summed E-state index contributed by atoms with van der Waals surface area (Å²) < 4.78 is 7.12. The van der Waals surface area contributed by atoms with Crippen molar-refractivity contribution in [2.75, 3.05) is 6.54 Å². The van der Waals surface area contributed by atoms with Crippen LogP contribution in [0.4, 0.5) is 0 Å². The van der Waals surface area contributed by atoms with E-state index in [9.17, 15) is 9.59 Å². The van der Waals surface area contributed by atoms with Gasteiger partial charge in [-0.2, -0.15) is 0 Å². The Balaban J connectivity index is 1.68. The number of carbonyl (C=O) groups excluding carboxylic acids is 2. The molecule has 8 nitrogen and oxygen atoms in total. The van der Waals surface area contributed by atoms with Gasteiger partial charge < -0.3 is 14.6 Å². The highest BCUT2D eigenvalue weighted by molar-refractivity contribution is 5.89. The first-order chi connectivity index (χ1) is 16.9.